The van der Waals surface area contributed by atoms with Crippen molar-refractivity contribution in [2.24, 2.45) is 0 Å². The van der Waals surface area contributed by atoms with Crippen molar-refractivity contribution in [1.82, 2.24) is 0 Å². The lowest BCUT2D eigenvalue weighted by Gasteiger charge is -2.32. The third kappa shape index (κ3) is 3.55. The second-order valence-corrected chi connectivity index (χ2v) is 13.6. The number of hydrogen-bond acceptors (Lipinski definition) is 2. The van der Waals surface area contributed by atoms with Gasteiger partial charge in [-0.3, -0.25) is 0 Å². The van der Waals surface area contributed by atoms with Crippen molar-refractivity contribution < 1.29 is 9.31 Å². The molecule has 0 saturated carbocycles. The number of rotatable bonds is 1. The molecule has 0 N–H and O–H groups in total. The molecule has 1 fully saturated rings. The Kier molecular flexibility index (Phi) is 4.40. The van der Waals surface area contributed by atoms with Crippen LogP contribution in [0, 0.1) is 11.5 Å². The summed E-state index contributed by atoms with van der Waals surface area (Å²) >= 11 is 0. The molecule has 0 amide bonds. The zero-order chi connectivity index (χ0) is 18.5. The van der Waals surface area contributed by atoms with E-state index in [2.05, 4.69) is 89.1 Å². The van der Waals surface area contributed by atoms with E-state index in [1.807, 2.05) is 6.07 Å². The minimum atomic E-state index is -1.47. The number of hydrogen-bond donors (Lipinski definition) is 0. The molecule has 1 heterocycles. The van der Waals surface area contributed by atoms with Gasteiger partial charge in [0.25, 0.3) is 0 Å². The van der Waals surface area contributed by atoms with Gasteiger partial charge in [-0.05, 0) is 44.9 Å². The molecule has 0 aromatic heterocycles. The Hall–Kier alpha value is -1.54. The van der Waals surface area contributed by atoms with Crippen LogP contribution in [0.25, 0.3) is 11.1 Å². The zero-order valence-electron chi connectivity index (χ0n) is 16.4. The van der Waals surface area contributed by atoms with Gasteiger partial charge >= 0.3 is 7.12 Å². The Bertz CT molecular complexity index is 808. The fourth-order valence-electron chi connectivity index (χ4n) is 2.88. The van der Waals surface area contributed by atoms with Gasteiger partial charge in [-0.15, -0.1) is 5.54 Å². The summed E-state index contributed by atoms with van der Waals surface area (Å²) < 4.78 is 12.7. The van der Waals surface area contributed by atoms with E-state index in [9.17, 15) is 0 Å². The Labute approximate surface area is 153 Å². The molecule has 0 bridgehead atoms. The third-order valence-electron chi connectivity index (χ3n) is 5.01. The molecule has 0 aromatic carbocycles. The van der Waals surface area contributed by atoms with Crippen molar-refractivity contribution in [3.05, 3.63) is 42.0 Å². The van der Waals surface area contributed by atoms with Gasteiger partial charge < -0.3 is 9.31 Å². The normalized spacial score (nSPS) is 18.9. The fraction of sp³-hybridized carbons (Fsp3) is 0.429. The largest absolute Gasteiger partial charge is 0.496 e. The summed E-state index contributed by atoms with van der Waals surface area (Å²) in [6.07, 6.45) is 0. The van der Waals surface area contributed by atoms with Crippen molar-refractivity contribution in [3.8, 4) is 22.6 Å². The molecule has 0 aromatic rings. The second-order valence-electron chi connectivity index (χ2n) is 8.84. The lowest BCUT2D eigenvalue weighted by molar-refractivity contribution is 0.00578. The van der Waals surface area contributed by atoms with Crippen LogP contribution in [0.5, 0.6) is 0 Å². The predicted molar refractivity (Wildman–Crippen MR) is 109 cm³/mol. The van der Waals surface area contributed by atoms with Crippen LogP contribution in [-0.4, -0.2) is 26.4 Å². The van der Waals surface area contributed by atoms with E-state index in [1.54, 1.807) is 0 Å². The van der Waals surface area contributed by atoms with Crippen molar-refractivity contribution in [2.75, 3.05) is 0 Å². The zero-order valence-corrected chi connectivity index (χ0v) is 17.4. The summed E-state index contributed by atoms with van der Waals surface area (Å²) in [5, 5.41) is 0. The van der Waals surface area contributed by atoms with Crippen LogP contribution >= 0.6 is 0 Å². The average molecular weight is 350 g/mol. The standard InChI is InChI=1S/C21H27BO2Si/c1-20(2)21(3,4)24-22(23-20)19-17(13-14-25(5,6)7)15-16-11-9-8-10-12-18(16)19/h8-12,15H,1-7H3. The summed E-state index contributed by atoms with van der Waals surface area (Å²) in [5.74, 6) is 3.44. The van der Waals surface area contributed by atoms with Crippen molar-refractivity contribution >= 4 is 20.7 Å². The maximum absolute atomic E-state index is 6.34. The molecule has 0 radical (unpaired) electrons. The highest BCUT2D eigenvalue weighted by Crippen LogP contribution is 2.38. The van der Waals surface area contributed by atoms with Gasteiger partial charge in [-0.2, -0.15) is 0 Å². The maximum Gasteiger partial charge on any atom is 0.496 e. The van der Waals surface area contributed by atoms with Crippen LogP contribution in [0.3, 0.4) is 0 Å². The summed E-state index contributed by atoms with van der Waals surface area (Å²) in [6, 6.07) is 12.6. The molecular weight excluding hydrogens is 323 g/mol. The Morgan fingerprint density at radius 2 is 1.52 bits per heavy atom. The lowest BCUT2D eigenvalue weighted by Crippen LogP contribution is -2.41. The molecule has 0 unspecified atom stereocenters. The molecule has 130 valence electrons. The smallest absolute Gasteiger partial charge is 0.399 e. The first kappa shape index (κ1) is 18.3. The molecular formula is C21H27BO2Si. The van der Waals surface area contributed by atoms with Crippen LogP contribution in [0.2, 0.25) is 19.6 Å². The summed E-state index contributed by atoms with van der Waals surface area (Å²) in [5.41, 5.74) is 7.20. The molecule has 25 heavy (non-hydrogen) atoms. The molecule has 2 nitrogen and oxygen atoms in total. The molecule has 3 rings (SSSR count). The Morgan fingerprint density at radius 1 is 0.920 bits per heavy atom. The minimum Gasteiger partial charge on any atom is -0.399 e. The summed E-state index contributed by atoms with van der Waals surface area (Å²) in [6.45, 7) is 15.1. The SMILES string of the molecule is CC1(C)OB(c2c(C#C[Si](C)(C)C)cc3cccccc2-3)OC1(C)C. The third-order valence-corrected chi connectivity index (χ3v) is 5.89. The Morgan fingerprint density at radius 3 is 2.12 bits per heavy atom. The van der Waals surface area contributed by atoms with E-state index in [0.29, 0.717) is 0 Å². The van der Waals surface area contributed by atoms with Gasteiger partial charge in [0, 0.05) is 11.0 Å². The first-order chi connectivity index (χ1) is 11.5. The quantitative estimate of drug-likeness (QED) is 0.563. The highest BCUT2D eigenvalue weighted by Gasteiger charge is 2.53. The van der Waals surface area contributed by atoms with Crippen LogP contribution < -0.4 is 5.46 Å². The molecule has 1 saturated heterocycles. The maximum atomic E-state index is 6.34. The first-order valence-corrected chi connectivity index (χ1v) is 12.4. The van der Waals surface area contributed by atoms with Gasteiger partial charge in [-0.25, -0.2) is 0 Å². The highest BCUT2D eigenvalue weighted by atomic mass is 28.3. The first-order valence-electron chi connectivity index (χ1n) is 8.91. The fourth-order valence-corrected chi connectivity index (χ4v) is 3.39. The molecule has 0 spiro atoms. The topological polar surface area (TPSA) is 18.5 Å². The van der Waals surface area contributed by atoms with Gasteiger partial charge in [-0.1, -0.05) is 55.9 Å². The molecule has 1 aliphatic heterocycles. The van der Waals surface area contributed by atoms with Crippen molar-refractivity contribution in [1.29, 1.82) is 0 Å². The van der Waals surface area contributed by atoms with Crippen LogP contribution in [0.4, 0.5) is 0 Å². The number of fused-ring (bicyclic) bond motifs is 1. The summed E-state index contributed by atoms with van der Waals surface area (Å²) in [4.78, 5) is 0. The van der Waals surface area contributed by atoms with E-state index in [-0.39, 0.29) is 11.2 Å². The summed E-state index contributed by atoms with van der Waals surface area (Å²) in [7, 11) is -1.86. The van der Waals surface area contributed by atoms with Crippen molar-refractivity contribution in [2.45, 2.75) is 58.5 Å². The molecule has 2 aliphatic carbocycles. The molecule has 3 aliphatic rings. The van der Waals surface area contributed by atoms with Crippen LogP contribution in [0.1, 0.15) is 33.3 Å². The van der Waals surface area contributed by atoms with E-state index in [4.69, 9.17) is 9.31 Å². The van der Waals surface area contributed by atoms with Gasteiger partial charge in [0.1, 0.15) is 8.07 Å². The molecule has 4 heteroatoms. The highest BCUT2D eigenvalue weighted by molar-refractivity contribution is 6.84. The second kappa shape index (κ2) is 6.02. The molecule has 0 atom stereocenters. The monoisotopic (exact) mass is 350 g/mol. The van der Waals surface area contributed by atoms with E-state index < -0.39 is 15.2 Å². The predicted octanol–water partition coefficient (Wildman–Crippen LogP) is 4.32. The van der Waals surface area contributed by atoms with Gasteiger partial charge in [0.2, 0.25) is 0 Å². The minimum absolute atomic E-state index is 0.359. The van der Waals surface area contributed by atoms with Crippen molar-refractivity contribution in [3.63, 3.8) is 0 Å². The van der Waals surface area contributed by atoms with Gasteiger partial charge in [0.05, 0.1) is 11.2 Å². The van der Waals surface area contributed by atoms with Crippen LogP contribution in [-0.2, 0) is 9.31 Å². The van der Waals surface area contributed by atoms with Gasteiger partial charge in [0.15, 0.2) is 0 Å². The van der Waals surface area contributed by atoms with E-state index in [1.165, 1.54) is 5.56 Å². The lowest BCUT2D eigenvalue weighted by atomic mass is 9.75. The Balaban J connectivity index is 2.16. The van der Waals surface area contributed by atoms with E-state index >= 15 is 0 Å². The van der Waals surface area contributed by atoms with E-state index in [0.717, 1.165) is 16.6 Å². The van der Waals surface area contributed by atoms with Crippen LogP contribution in [0.15, 0.2) is 36.4 Å². The average Bonchev–Trinajstić information content (AvgIpc) is 2.78.